The summed E-state index contributed by atoms with van der Waals surface area (Å²) in [7, 11) is 0. The van der Waals surface area contributed by atoms with Crippen molar-refractivity contribution >= 4 is 16.7 Å². The fourth-order valence-electron chi connectivity index (χ4n) is 3.10. The SMILES string of the molecule is [C-]#[N+]c1cc2c(cc1F)nc(-c1cncc(F)c1CC)n2C1CC1. The van der Waals surface area contributed by atoms with Gasteiger partial charge in [-0.15, -0.1) is 0 Å². The van der Waals surface area contributed by atoms with Gasteiger partial charge < -0.3 is 4.57 Å². The molecule has 120 valence electrons. The van der Waals surface area contributed by atoms with Crippen molar-refractivity contribution in [2.24, 2.45) is 0 Å². The first-order valence-corrected chi connectivity index (χ1v) is 7.85. The van der Waals surface area contributed by atoms with Crippen LogP contribution in [0.5, 0.6) is 0 Å². The first-order chi connectivity index (χ1) is 11.6. The van der Waals surface area contributed by atoms with Crippen LogP contribution in [-0.4, -0.2) is 14.5 Å². The number of imidazole rings is 1. The molecule has 0 atom stereocenters. The topological polar surface area (TPSA) is 35.1 Å². The number of rotatable bonds is 3. The number of benzene rings is 1. The maximum atomic E-state index is 14.1. The van der Waals surface area contributed by atoms with Crippen molar-refractivity contribution in [2.75, 3.05) is 0 Å². The highest BCUT2D eigenvalue weighted by Crippen LogP contribution is 2.43. The zero-order chi connectivity index (χ0) is 16.8. The third-order valence-corrected chi connectivity index (χ3v) is 4.39. The Labute approximate surface area is 137 Å². The summed E-state index contributed by atoms with van der Waals surface area (Å²) in [5.41, 5.74) is 2.35. The van der Waals surface area contributed by atoms with Crippen LogP contribution >= 0.6 is 0 Å². The molecule has 4 nitrogen and oxygen atoms in total. The van der Waals surface area contributed by atoms with E-state index in [1.807, 2.05) is 11.5 Å². The molecule has 0 radical (unpaired) electrons. The van der Waals surface area contributed by atoms with Gasteiger partial charge in [0.25, 0.3) is 0 Å². The standard InChI is InChI=1S/C18H14F2N4/c1-3-11-12(8-22-9-14(11)20)18-23-16-6-13(19)15(21-2)7-17(16)24(18)10-4-5-10/h6-10H,3-5H2,1H3. The van der Waals surface area contributed by atoms with Crippen LogP contribution in [0, 0.1) is 18.2 Å². The fraction of sp³-hybridized carbons (Fsp3) is 0.278. The highest BCUT2D eigenvalue weighted by molar-refractivity contribution is 5.85. The maximum absolute atomic E-state index is 14.1. The van der Waals surface area contributed by atoms with E-state index < -0.39 is 5.82 Å². The molecule has 0 spiro atoms. The summed E-state index contributed by atoms with van der Waals surface area (Å²) in [5.74, 6) is -0.354. The molecule has 1 aromatic carbocycles. The minimum atomic E-state index is -0.586. The normalized spacial score (nSPS) is 14.1. The number of nitrogens with zero attached hydrogens (tertiary/aromatic N) is 4. The van der Waals surface area contributed by atoms with Gasteiger partial charge in [0.15, 0.2) is 0 Å². The molecule has 2 aromatic heterocycles. The lowest BCUT2D eigenvalue weighted by Crippen LogP contribution is -2.02. The lowest BCUT2D eigenvalue weighted by atomic mass is 10.1. The second-order valence-electron chi connectivity index (χ2n) is 5.94. The molecular weight excluding hydrogens is 310 g/mol. The van der Waals surface area contributed by atoms with E-state index in [0.717, 1.165) is 12.8 Å². The van der Waals surface area contributed by atoms with Gasteiger partial charge in [0, 0.05) is 23.4 Å². The first kappa shape index (κ1) is 14.8. The van der Waals surface area contributed by atoms with Gasteiger partial charge >= 0.3 is 0 Å². The van der Waals surface area contributed by atoms with Gasteiger partial charge in [-0.3, -0.25) is 4.98 Å². The summed E-state index contributed by atoms with van der Waals surface area (Å²) < 4.78 is 30.1. The number of pyridine rings is 1. The third-order valence-electron chi connectivity index (χ3n) is 4.39. The van der Waals surface area contributed by atoms with Crippen molar-refractivity contribution in [3.05, 3.63) is 53.1 Å². The molecule has 0 N–H and O–H groups in total. The highest BCUT2D eigenvalue weighted by Gasteiger charge is 2.30. The summed E-state index contributed by atoms with van der Waals surface area (Å²) in [6.07, 6.45) is 5.30. The third kappa shape index (κ3) is 2.16. The molecule has 0 unspecified atom stereocenters. The highest BCUT2D eigenvalue weighted by atomic mass is 19.1. The molecular formula is C18H14F2N4. The zero-order valence-electron chi connectivity index (χ0n) is 13.1. The van der Waals surface area contributed by atoms with Crippen molar-refractivity contribution in [2.45, 2.75) is 32.2 Å². The molecule has 0 amide bonds. The molecule has 1 aliphatic carbocycles. The largest absolute Gasteiger partial charge is 0.322 e. The zero-order valence-corrected chi connectivity index (χ0v) is 13.1. The molecule has 0 saturated heterocycles. The molecule has 3 aromatic rings. The Bertz CT molecular complexity index is 996. The Balaban J connectivity index is 2.05. The number of fused-ring (bicyclic) bond motifs is 1. The predicted octanol–water partition coefficient (Wildman–Crippen LogP) is 4.82. The summed E-state index contributed by atoms with van der Waals surface area (Å²) in [6.45, 7) is 8.99. The van der Waals surface area contributed by atoms with Gasteiger partial charge in [0.2, 0.25) is 5.69 Å². The molecule has 1 aliphatic rings. The quantitative estimate of drug-likeness (QED) is 0.647. The van der Waals surface area contributed by atoms with E-state index in [-0.39, 0.29) is 17.5 Å². The molecule has 4 rings (SSSR count). The van der Waals surface area contributed by atoms with Gasteiger partial charge in [0.1, 0.15) is 17.5 Å². The van der Waals surface area contributed by atoms with Crippen LogP contribution in [0.15, 0.2) is 24.5 Å². The predicted molar refractivity (Wildman–Crippen MR) is 86.8 cm³/mol. The van der Waals surface area contributed by atoms with E-state index in [9.17, 15) is 8.78 Å². The Kier molecular flexibility index (Phi) is 3.31. The Morgan fingerprint density at radius 2 is 2.04 bits per heavy atom. The minimum absolute atomic E-state index is 0.0241. The van der Waals surface area contributed by atoms with Gasteiger partial charge in [-0.05, 0) is 31.4 Å². The monoisotopic (exact) mass is 324 g/mol. The van der Waals surface area contributed by atoms with Gasteiger partial charge in [-0.2, -0.15) is 0 Å². The van der Waals surface area contributed by atoms with E-state index in [4.69, 9.17) is 6.57 Å². The van der Waals surface area contributed by atoms with Crippen molar-refractivity contribution < 1.29 is 8.78 Å². The lowest BCUT2D eigenvalue weighted by Gasteiger charge is -2.11. The van der Waals surface area contributed by atoms with Crippen molar-refractivity contribution in [1.82, 2.24) is 14.5 Å². The van der Waals surface area contributed by atoms with Crippen molar-refractivity contribution in [1.29, 1.82) is 0 Å². The summed E-state index contributed by atoms with van der Waals surface area (Å²) in [4.78, 5) is 11.7. The Morgan fingerprint density at radius 1 is 1.25 bits per heavy atom. The minimum Gasteiger partial charge on any atom is -0.322 e. The van der Waals surface area contributed by atoms with Gasteiger partial charge in [-0.25, -0.2) is 18.6 Å². The van der Waals surface area contributed by atoms with Gasteiger partial charge in [-0.1, -0.05) is 6.92 Å². The molecule has 2 heterocycles. The molecule has 6 heteroatoms. The Morgan fingerprint density at radius 3 is 2.71 bits per heavy atom. The van der Waals surface area contributed by atoms with E-state index in [0.29, 0.717) is 34.4 Å². The average Bonchev–Trinajstić information content (AvgIpc) is 3.35. The van der Waals surface area contributed by atoms with Gasteiger partial charge in [0.05, 0.1) is 23.8 Å². The summed E-state index contributed by atoms with van der Waals surface area (Å²) >= 11 is 0. The van der Waals surface area contributed by atoms with Crippen molar-refractivity contribution in [3.8, 4) is 11.4 Å². The van der Waals surface area contributed by atoms with E-state index in [1.165, 1.54) is 18.3 Å². The molecule has 0 aliphatic heterocycles. The number of halogens is 2. The lowest BCUT2D eigenvalue weighted by molar-refractivity contribution is 0.605. The van der Waals surface area contributed by atoms with Crippen LogP contribution in [0.1, 0.15) is 31.4 Å². The number of hydrogen-bond acceptors (Lipinski definition) is 2. The van der Waals surface area contributed by atoms with Crippen molar-refractivity contribution in [3.63, 3.8) is 0 Å². The summed E-state index contributed by atoms with van der Waals surface area (Å²) in [6, 6.07) is 3.07. The number of hydrogen-bond donors (Lipinski definition) is 0. The average molecular weight is 324 g/mol. The second-order valence-corrected chi connectivity index (χ2v) is 5.94. The van der Waals surface area contributed by atoms with Crippen LogP contribution in [0.3, 0.4) is 0 Å². The van der Waals surface area contributed by atoms with E-state index >= 15 is 0 Å². The van der Waals surface area contributed by atoms with Crippen LogP contribution in [0.4, 0.5) is 14.5 Å². The first-order valence-electron chi connectivity index (χ1n) is 7.85. The van der Waals surface area contributed by atoms with Crippen LogP contribution < -0.4 is 0 Å². The van der Waals surface area contributed by atoms with E-state index in [2.05, 4.69) is 14.8 Å². The number of aromatic nitrogens is 3. The van der Waals surface area contributed by atoms with E-state index in [1.54, 1.807) is 6.20 Å². The fourth-order valence-corrected chi connectivity index (χ4v) is 3.10. The van der Waals surface area contributed by atoms with Crippen LogP contribution in [0.25, 0.3) is 27.3 Å². The van der Waals surface area contributed by atoms with Crippen LogP contribution in [0.2, 0.25) is 0 Å². The maximum Gasteiger partial charge on any atom is 0.224 e. The van der Waals surface area contributed by atoms with Crippen LogP contribution in [-0.2, 0) is 6.42 Å². The molecule has 1 saturated carbocycles. The molecule has 0 bridgehead atoms. The summed E-state index contributed by atoms with van der Waals surface area (Å²) in [5, 5.41) is 0. The molecule has 24 heavy (non-hydrogen) atoms. The molecule has 1 fully saturated rings. The smallest absolute Gasteiger partial charge is 0.224 e. The Hall–Kier alpha value is -2.81. The second kappa shape index (κ2) is 5.38.